The molecule has 2 amide bonds. The highest BCUT2D eigenvalue weighted by molar-refractivity contribution is 9.10. The molecule has 1 saturated heterocycles. The Morgan fingerprint density at radius 1 is 1.10 bits per heavy atom. The van der Waals surface area contributed by atoms with Gasteiger partial charge in [0, 0.05) is 16.1 Å². The van der Waals surface area contributed by atoms with Crippen molar-refractivity contribution in [2.75, 3.05) is 4.90 Å². The van der Waals surface area contributed by atoms with E-state index in [1.807, 2.05) is 62.4 Å². The van der Waals surface area contributed by atoms with Crippen molar-refractivity contribution >= 4 is 67.3 Å². The second kappa shape index (κ2) is 8.05. The van der Waals surface area contributed by atoms with E-state index in [0.29, 0.717) is 21.3 Å². The molecule has 0 aromatic heterocycles. The van der Waals surface area contributed by atoms with Gasteiger partial charge in [0.15, 0.2) is 0 Å². The molecule has 0 saturated carbocycles. The van der Waals surface area contributed by atoms with Gasteiger partial charge in [0.1, 0.15) is 4.32 Å². The molecule has 148 valence electrons. The number of benzene rings is 2. The highest BCUT2D eigenvalue weighted by Crippen LogP contribution is 2.46. The summed E-state index contributed by atoms with van der Waals surface area (Å²) < 4.78 is 1.37. The van der Waals surface area contributed by atoms with E-state index in [9.17, 15) is 9.59 Å². The average Bonchev–Trinajstić information content (AvgIpc) is 3.14. The molecule has 7 heteroatoms. The van der Waals surface area contributed by atoms with Gasteiger partial charge in [-0.1, -0.05) is 77.2 Å². The van der Waals surface area contributed by atoms with Crippen LogP contribution in [-0.2, 0) is 16.1 Å². The summed E-state index contributed by atoms with van der Waals surface area (Å²) in [6, 6.07) is 15.6. The smallest absolute Gasteiger partial charge is 0.267 e. The van der Waals surface area contributed by atoms with Crippen molar-refractivity contribution < 1.29 is 9.59 Å². The predicted octanol–water partition coefficient (Wildman–Crippen LogP) is 5.37. The minimum atomic E-state index is -0.176. The molecule has 2 aromatic rings. The van der Waals surface area contributed by atoms with Crippen molar-refractivity contribution in [2.24, 2.45) is 0 Å². The molecular formula is C22H19BrN2O2S2. The topological polar surface area (TPSA) is 40.6 Å². The summed E-state index contributed by atoms with van der Waals surface area (Å²) in [7, 11) is 0. The van der Waals surface area contributed by atoms with E-state index in [-0.39, 0.29) is 17.9 Å². The van der Waals surface area contributed by atoms with Crippen LogP contribution in [0.15, 0.2) is 57.9 Å². The highest BCUT2D eigenvalue weighted by atomic mass is 79.9. The third kappa shape index (κ3) is 3.56. The van der Waals surface area contributed by atoms with Crippen molar-refractivity contribution in [1.82, 2.24) is 4.90 Å². The summed E-state index contributed by atoms with van der Waals surface area (Å²) in [4.78, 5) is 30.5. The second-order valence-corrected chi connectivity index (χ2v) is 9.60. The minimum absolute atomic E-state index is 0.000457. The number of nitrogens with zero attached hydrogens (tertiary/aromatic N) is 2. The van der Waals surface area contributed by atoms with Crippen LogP contribution in [0.1, 0.15) is 31.4 Å². The monoisotopic (exact) mass is 486 g/mol. The Kier molecular flexibility index (Phi) is 5.64. The Bertz CT molecular complexity index is 1050. The summed E-state index contributed by atoms with van der Waals surface area (Å²) in [6.07, 6.45) is 0.797. The molecular weight excluding hydrogens is 468 g/mol. The predicted molar refractivity (Wildman–Crippen MR) is 125 cm³/mol. The van der Waals surface area contributed by atoms with Crippen LogP contribution in [0, 0.1) is 0 Å². The van der Waals surface area contributed by atoms with E-state index in [2.05, 4.69) is 15.9 Å². The lowest BCUT2D eigenvalue weighted by molar-refractivity contribution is -0.123. The zero-order valence-corrected chi connectivity index (χ0v) is 19.2. The fourth-order valence-electron chi connectivity index (χ4n) is 3.54. The summed E-state index contributed by atoms with van der Waals surface area (Å²) in [5.74, 6) is -0.336. The van der Waals surface area contributed by atoms with Crippen molar-refractivity contribution in [3.8, 4) is 0 Å². The van der Waals surface area contributed by atoms with Crippen LogP contribution in [0.25, 0.3) is 5.57 Å². The maximum absolute atomic E-state index is 13.5. The number of fused-ring (bicyclic) bond motifs is 1. The van der Waals surface area contributed by atoms with E-state index < -0.39 is 0 Å². The van der Waals surface area contributed by atoms with Gasteiger partial charge in [0.05, 0.1) is 22.7 Å². The zero-order chi connectivity index (χ0) is 20.7. The molecule has 0 N–H and O–H groups in total. The number of thiocarbonyl (C=S) groups is 1. The number of halogens is 1. The Morgan fingerprint density at radius 3 is 2.52 bits per heavy atom. The van der Waals surface area contributed by atoms with Crippen LogP contribution in [0.4, 0.5) is 5.69 Å². The van der Waals surface area contributed by atoms with E-state index >= 15 is 0 Å². The van der Waals surface area contributed by atoms with Crippen LogP contribution in [0.2, 0.25) is 0 Å². The maximum Gasteiger partial charge on any atom is 0.267 e. The average molecular weight is 487 g/mol. The van der Waals surface area contributed by atoms with Crippen LogP contribution < -0.4 is 4.90 Å². The lowest BCUT2D eigenvalue weighted by Crippen LogP contribution is -2.36. The van der Waals surface area contributed by atoms with Gasteiger partial charge in [-0.2, -0.15) is 0 Å². The van der Waals surface area contributed by atoms with Crippen molar-refractivity contribution in [1.29, 1.82) is 0 Å². The van der Waals surface area contributed by atoms with Gasteiger partial charge < -0.3 is 4.90 Å². The summed E-state index contributed by atoms with van der Waals surface area (Å²) in [5, 5.41) is 0. The van der Waals surface area contributed by atoms with Gasteiger partial charge in [-0.3, -0.25) is 14.5 Å². The number of carbonyl (C=O) groups excluding carboxylic acids is 2. The first-order valence-corrected chi connectivity index (χ1v) is 11.4. The molecule has 4 nitrogen and oxygen atoms in total. The summed E-state index contributed by atoms with van der Waals surface area (Å²) in [5.41, 5.74) is 3.05. The van der Waals surface area contributed by atoms with Crippen LogP contribution in [0.5, 0.6) is 0 Å². The molecule has 0 bridgehead atoms. The molecule has 2 aliphatic rings. The van der Waals surface area contributed by atoms with Crippen LogP contribution in [-0.4, -0.2) is 27.1 Å². The van der Waals surface area contributed by atoms with Gasteiger partial charge in [-0.05, 0) is 37.1 Å². The third-order valence-electron chi connectivity index (χ3n) is 5.22. The number of amides is 2. The maximum atomic E-state index is 13.5. The number of hydrogen-bond donors (Lipinski definition) is 0. The van der Waals surface area contributed by atoms with Crippen LogP contribution >= 0.6 is 39.9 Å². The molecule has 2 aromatic carbocycles. The molecule has 0 unspecified atom stereocenters. The fourth-order valence-corrected chi connectivity index (χ4v) is 5.43. The first kappa shape index (κ1) is 20.3. The molecule has 2 aliphatic heterocycles. The highest BCUT2D eigenvalue weighted by Gasteiger charge is 2.43. The van der Waals surface area contributed by atoms with Crippen molar-refractivity contribution in [3.63, 3.8) is 0 Å². The Balaban J connectivity index is 1.82. The molecule has 4 rings (SSSR count). The Labute approximate surface area is 188 Å². The van der Waals surface area contributed by atoms with Gasteiger partial charge >= 0.3 is 0 Å². The first-order valence-electron chi connectivity index (χ1n) is 9.37. The van der Waals surface area contributed by atoms with Gasteiger partial charge in [0.25, 0.3) is 11.8 Å². The molecule has 1 atom stereocenters. The SMILES string of the molecule is CC[C@H](C)N1C(=O)/C(=C2/C(=O)N(Cc3ccccc3)c3ccc(Br)cc32)SC1=S. The molecule has 0 aliphatic carbocycles. The van der Waals surface area contributed by atoms with Crippen LogP contribution in [0.3, 0.4) is 0 Å². The molecule has 1 fully saturated rings. The van der Waals surface area contributed by atoms with Gasteiger partial charge in [-0.15, -0.1) is 0 Å². The number of anilines is 1. The van der Waals surface area contributed by atoms with Gasteiger partial charge in [0.2, 0.25) is 0 Å². The largest absolute Gasteiger partial charge is 0.303 e. The lowest BCUT2D eigenvalue weighted by atomic mass is 10.1. The minimum Gasteiger partial charge on any atom is -0.303 e. The van der Waals surface area contributed by atoms with E-state index in [0.717, 1.165) is 27.7 Å². The number of thioether (sulfide) groups is 1. The lowest BCUT2D eigenvalue weighted by Gasteiger charge is -2.21. The zero-order valence-electron chi connectivity index (χ0n) is 16.0. The Morgan fingerprint density at radius 2 is 1.83 bits per heavy atom. The second-order valence-electron chi connectivity index (χ2n) is 7.04. The normalized spacial score (nSPS) is 19.9. The van der Waals surface area contributed by atoms with Crippen molar-refractivity contribution in [2.45, 2.75) is 32.9 Å². The van der Waals surface area contributed by atoms with Crippen molar-refractivity contribution in [3.05, 3.63) is 69.0 Å². The molecule has 2 heterocycles. The van der Waals surface area contributed by atoms with E-state index in [1.54, 1.807) is 9.80 Å². The third-order valence-corrected chi connectivity index (χ3v) is 7.11. The number of hydrogen-bond acceptors (Lipinski definition) is 4. The number of carbonyl (C=O) groups is 2. The summed E-state index contributed by atoms with van der Waals surface area (Å²) >= 11 is 10.2. The Hall–Kier alpha value is -1.96. The van der Waals surface area contributed by atoms with E-state index in [1.165, 1.54) is 11.8 Å². The number of rotatable bonds is 4. The molecule has 29 heavy (non-hydrogen) atoms. The van der Waals surface area contributed by atoms with E-state index in [4.69, 9.17) is 12.2 Å². The molecule has 0 spiro atoms. The first-order chi connectivity index (χ1) is 13.9. The fraction of sp³-hybridized carbons (Fsp3) is 0.227. The quantitative estimate of drug-likeness (QED) is 0.430. The summed E-state index contributed by atoms with van der Waals surface area (Å²) in [6.45, 7) is 4.44. The molecule has 0 radical (unpaired) electrons. The standard InChI is InChI=1S/C22H19BrN2O2S2/c1-3-13(2)25-21(27)19(29-22(25)28)18-16-11-15(23)9-10-17(16)24(20(18)26)12-14-7-5-4-6-8-14/h4-11,13H,3,12H2,1-2H3/b19-18-/t13-/m0/s1. The van der Waals surface area contributed by atoms with Gasteiger partial charge in [-0.25, -0.2) is 0 Å².